The van der Waals surface area contributed by atoms with Crippen LogP contribution < -0.4 is 17.0 Å². The minimum absolute atomic E-state index is 0.000818. The van der Waals surface area contributed by atoms with E-state index >= 15 is 0 Å². The molecule has 0 bridgehead atoms. The number of amidine groups is 1. The summed E-state index contributed by atoms with van der Waals surface area (Å²) in [7, 11) is 5.81. The second kappa shape index (κ2) is 10.1. The maximum absolute atomic E-state index is 13.1. The number of unbranched alkanes of at least 4 members (excludes halogenated alkanes) is 1. The van der Waals surface area contributed by atoms with Gasteiger partial charge in [-0.2, -0.15) is 4.99 Å². The van der Waals surface area contributed by atoms with Crippen molar-refractivity contribution in [2.24, 2.45) is 24.8 Å². The van der Waals surface area contributed by atoms with E-state index in [4.69, 9.17) is 5.73 Å². The molecule has 0 radical (unpaired) electrons. The van der Waals surface area contributed by atoms with Crippen LogP contribution in [0, 0.1) is 0 Å². The summed E-state index contributed by atoms with van der Waals surface area (Å²) < 4.78 is 13.3. The number of nitrogens with zero attached hydrogens (tertiary/aromatic N) is 5. The molecule has 2 N–H and O–H groups in total. The van der Waals surface area contributed by atoms with Crippen molar-refractivity contribution < 1.29 is 19.1 Å². The van der Waals surface area contributed by atoms with Crippen LogP contribution in [0.15, 0.2) is 38.8 Å². The molecule has 0 aliphatic rings. The SMILES string of the molecule is COC(=O)CCCCn1c(=O)c2nc(-c3ccc(/C(N)=N\C(=O)OC)cc3)n(C)c2n(C)c1=O. The van der Waals surface area contributed by atoms with Crippen LogP contribution in [0.5, 0.6) is 0 Å². The number of imidazole rings is 1. The highest BCUT2D eigenvalue weighted by molar-refractivity contribution is 6.03. The van der Waals surface area contributed by atoms with Gasteiger partial charge in [0.05, 0.1) is 14.2 Å². The van der Waals surface area contributed by atoms with Crippen molar-refractivity contribution in [3.63, 3.8) is 0 Å². The lowest BCUT2D eigenvalue weighted by Crippen LogP contribution is -2.39. The zero-order valence-electron chi connectivity index (χ0n) is 19.4. The third-order valence-corrected chi connectivity index (χ3v) is 5.41. The van der Waals surface area contributed by atoms with Gasteiger partial charge in [0.25, 0.3) is 5.56 Å². The maximum atomic E-state index is 13.1. The Hall–Kier alpha value is -4.22. The molecule has 2 aromatic heterocycles. The van der Waals surface area contributed by atoms with Gasteiger partial charge in [-0.3, -0.25) is 18.7 Å². The summed E-state index contributed by atoms with van der Waals surface area (Å²) in [6.45, 7) is 0.165. The Labute approximate surface area is 194 Å². The molecule has 0 aliphatic heterocycles. The average molecular weight is 470 g/mol. The molecule has 180 valence electrons. The zero-order chi connectivity index (χ0) is 25.0. The fourth-order valence-electron chi connectivity index (χ4n) is 3.60. The molecule has 12 heteroatoms. The third-order valence-electron chi connectivity index (χ3n) is 5.41. The number of benzene rings is 1. The van der Waals surface area contributed by atoms with Crippen molar-refractivity contribution in [2.45, 2.75) is 25.8 Å². The number of carbonyl (C=O) groups is 2. The van der Waals surface area contributed by atoms with E-state index in [2.05, 4.69) is 19.5 Å². The summed E-state index contributed by atoms with van der Waals surface area (Å²) in [6, 6.07) is 6.77. The van der Waals surface area contributed by atoms with Crippen LogP contribution in [-0.2, 0) is 34.9 Å². The summed E-state index contributed by atoms with van der Waals surface area (Å²) in [5, 5.41) is 0. The van der Waals surface area contributed by atoms with Gasteiger partial charge in [0.1, 0.15) is 17.3 Å². The Morgan fingerprint density at radius 3 is 2.32 bits per heavy atom. The molecule has 0 unspecified atom stereocenters. The number of esters is 1. The topological polar surface area (TPSA) is 153 Å². The van der Waals surface area contributed by atoms with Gasteiger partial charge in [-0.25, -0.2) is 14.6 Å². The minimum atomic E-state index is -0.806. The summed E-state index contributed by atoms with van der Waals surface area (Å²) in [4.78, 5) is 56.6. The smallest absolute Gasteiger partial charge is 0.435 e. The number of amides is 1. The molecule has 1 aromatic carbocycles. The predicted octanol–water partition coefficient (Wildman–Crippen LogP) is 0.916. The molecule has 34 heavy (non-hydrogen) atoms. The number of methoxy groups -OCH3 is 2. The Kier molecular flexibility index (Phi) is 7.29. The lowest BCUT2D eigenvalue weighted by molar-refractivity contribution is -0.140. The largest absolute Gasteiger partial charge is 0.469 e. The highest BCUT2D eigenvalue weighted by Gasteiger charge is 2.19. The molecule has 1 amide bonds. The standard InChI is InChI=1S/C22H26N6O6/c1-26-18(14-10-8-13(9-11-14)17(23)25-21(31)34-4)24-16-19(26)27(2)22(32)28(20(16)30)12-6-5-7-15(29)33-3/h8-11H,5-7,12H2,1-4H3,(H2,23,25,31). The van der Waals surface area contributed by atoms with Crippen LogP contribution in [-0.4, -0.2) is 50.8 Å². The molecule has 3 aromatic rings. The van der Waals surface area contributed by atoms with Gasteiger partial charge in [-0.15, -0.1) is 0 Å². The first kappa shape index (κ1) is 24.4. The molecule has 0 aliphatic carbocycles. The summed E-state index contributed by atoms with van der Waals surface area (Å²) in [5.41, 5.74) is 6.57. The first-order chi connectivity index (χ1) is 16.2. The van der Waals surface area contributed by atoms with Gasteiger partial charge in [0.15, 0.2) is 5.52 Å². The van der Waals surface area contributed by atoms with Crippen LogP contribution in [0.1, 0.15) is 24.8 Å². The highest BCUT2D eigenvalue weighted by atomic mass is 16.5. The zero-order valence-corrected chi connectivity index (χ0v) is 19.4. The molecule has 12 nitrogen and oxygen atoms in total. The normalized spacial score (nSPS) is 11.6. The number of hydrogen-bond donors (Lipinski definition) is 1. The van der Waals surface area contributed by atoms with E-state index in [-0.39, 0.29) is 30.3 Å². The summed E-state index contributed by atoms with van der Waals surface area (Å²) >= 11 is 0. The van der Waals surface area contributed by atoms with E-state index < -0.39 is 17.3 Å². The molecule has 0 saturated heterocycles. The van der Waals surface area contributed by atoms with Crippen LogP contribution >= 0.6 is 0 Å². The van der Waals surface area contributed by atoms with Crippen LogP contribution in [0.25, 0.3) is 22.6 Å². The predicted molar refractivity (Wildman–Crippen MR) is 125 cm³/mol. The number of carbonyl (C=O) groups excluding carboxylic acids is 2. The minimum Gasteiger partial charge on any atom is -0.469 e. The summed E-state index contributed by atoms with van der Waals surface area (Å²) in [6.07, 6.45) is 0.361. The van der Waals surface area contributed by atoms with Crippen molar-refractivity contribution in [3.8, 4) is 11.4 Å². The lowest BCUT2D eigenvalue weighted by atomic mass is 10.1. The summed E-state index contributed by atoms with van der Waals surface area (Å²) in [5.74, 6) is 0.135. The van der Waals surface area contributed by atoms with Crippen molar-refractivity contribution in [1.82, 2.24) is 18.7 Å². The fourth-order valence-corrected chi connectivity index (χ4v) is 3.60. The first-order valence-corrected chi connectivity index (χ1v) is 10.5. The highest BCUT2D eigenvalue weighted by Crippen LogP contribution is 2.22. The van der Waals surface area contributed by atoms with Crippen LogP contribution in [0.2, 0.25) is 0 Å². The van der Waals surface area contributed by atoms with Gasteiger partial charge in [-0.1, -0.05) is 24.3 Å². The number of rotatable bonds is 7. The number of aliphatic imine (C=N–C) groups is 1. The number of ether oxygens (including phenoxy) is 2. The van der Waals surface area contributed by atoms with Gasteiger partial charge in [-0.05, 0) is 12.8 Å². The van der Waals surface area contributed by atoms with Gasteiger partial charge < -0.3 is 19.8 Å². The lowest BCUT2D eigenvalue weighted by Gasteiger charge is -2.09. The van der Waals surface area contributed by atoms with E-state index in [1.54, 1.807) is 42.9 Å². The van der Waals surface area contributed by atoms with Gasteiger partial charge in [0, 0.05) is 38.2 Å². The Bertz CT molecular complexity index is 1380. The molecule has 0 atom stereocenters. The van der Waals surface area contributed by atoms with Crippen LogP contribution in [0.4, 0.5) is 4.79 Å². The Morgan fingerprint density at radius 1 is 1.03 bits per heavy atom. The second-order valence-electron chi connectivity index (χ2n) is 7.54. The third kappa shape index (κ3) is 4.75. The van der Waals surface area contributed by atoms with E-state index in [0.29, 0.717) is 35.4 Å². The Balaban J connectivity index is 1.97. The van der Waals surface area contributed by atoms with Gasteiger partial charge >= 0.3 is 17.8 Å². The maximum Gasteiger partial charge on any atom is 0.435 e. The van der Waals surface area contributed by atoms with E-state index in [1.165, 1.54) is 18.8 Å². The quantitative estimate of drug-likeness (QED) is 0.231. The van der Waals surface area contributed by atoms with Crippen LogP contribution in [0.3, 0.4) is 0 Å². The first-order valence-electron chi connectivity index (χ1n) is 10.5. The van der Waals surface area contributed by atoms with Gasteiger partial charge in [0.2, 0.25) is 0 Å². The number of hydrogen-bond acceptors (Lipinski definition) is 7. The van der Waals surface area contributed by atoms with E-state index in [0.717, 1.165) is 4.57 Å². The molecule has 0 fully saturated rings. The van der Waals surface area contributed by atoms with Crippen molar-refractivity contribution in [2.75, 3.05) is 14.2 Å². The second-order valence-corrected chi connectivity index (χ2v) is 7.54. The average Bonchev–Trinajstić information content (AvgIpc) is 3.19. The number of nitrogens with two attached hydrogens (primary N) is 1. The number of fused-ring (bicyclic) bond motifs is 1. The molecular weight excluding hydrogens is 444 g/mol. The Morgan fingerprint density at radius 2 is 1.71 bits per heavy atom. The van der Waals surface area contributed by atoms with E-state index in [9.17, 15) is 19.2 Å². The number of aromatic nitrogens is 4. The molecule has 2 heterocycles. The fraction of sp³-hybridized carbons (Fsp3) is 0.364. The molecular formula is C22H26N6O6. The molecule has 0 saturated carbocycles. The van der Waals surface area contributed by atoms with E-state index in [1.807, 2.05) is 0 Å². The van der Waals surface area contributed by atoms with Crippen molar-refractivity contribution >= 4 is 29.1 Å². The number of aryl methyl sites for hydroxylation is 2. The monoisotopic (exact) mass is 470 g/mol. The van der Waals surface area contributed by atoms with Crippen molar-refractivity contribution in [3.05, 3.63) is 50.7 Å². The van der Waals surface area contributed by atoms with Crippen molar-refractivity contribution in [1.29, 1.82) is 0 Å². The molecule has 3 rings (SSSR count). The molecule has 0 spiro atoms.